The maximum atomic E-state index is 9.32. The fourth-order valence-electron chi connectivity index (χ4n) is 1.47. The Morgan fingerprint density at radius 2 is 2.00 bits per heavy atom. The summed E-state index contributed by atoms with van der Waals surface area (Å²) >= 11 is 0. The largest absolute Gasteiger partial charge is 0.394 e. The van der Waals surface area contributed by atoms with Crippen molar-refractivity contribution in [2.75, 3.05) is 6.61 Å². The van der Waals surface area contributed by atoms with E-state index in [2.05, 4.69) is 0 Å². The molecule has 3 atom stereocenters. The van der Waals surface area contributed by atoms with Crippen molar-refractivity contribution in [2.45, 2.75) is 44.5 Å². The zero-order valence-corrected chi connectivity index (χ0v) is 6.86. The van der Waals surface area contributed by atoms with E-state index in [4.69, 9.17) is 9.84 Å². The molecule has 0 bridgehead atoms. The van der Waals surface area contributed by atoms with E-state index in [1.54, 1.807) is 0 Å². The number of hydrogen-bond donors (Lipinski definition) is 2. The maximum absolute atomic E-state index is 9.32. The van der Waals surface area contributed by atoms with Gasteiger partial charge in [-0.15, -0.1) is 0 Å². The summed E-state index contributed by atoms with van der Waals surface area (Å²) in [5.74, 6) is 0. The number of aliphatic hydroxyl groups excluding tert-OH is 2. The van der Waals surface area contributed by atoms with Crippen LogP contribution in [0.25, 0.3) is 0 Å². The van der Waals surface area contributed by atoms with Gasteiger partial charge in [-0.05, 0) is 12.8 Å². The second-order valence-electron chi connectivity index (χ2n) is 3.10. The molecule has 1 aliphatic rings. The number of hydrogen-bond acceptors (Lipinski definition) is 3. The molecular weight excluding hydrogens is 144 g/mol. The van der Waals surface area contributed by atoms with Crippen LogP contribution in [0, 0.1) is 0 Å². The molecule has 1 rings (SSSR count). The van der Waals surface area contributed by atoms with Crippen molar-refractivity contribution in [3.63, 3.8) is 0 Å². The highest BCUT2D eigenvalue weighted by molar-refractivity contribution is 4.75. The van der Waals surface area contributed by atoms with Gasteiger partial charge in [-0.2, -0.15) is 0 Å². The van der Waals surface area contributed by atoms with Gasteiger partial charge in [-0.3, -0.25) is 0 Å². The highest BCUT2D eigenvalue weighted by Gasteiger charge is 2.26. The van der Waals surface area contributed by atoms with E-state index < -0.39 is 0 Å². The van der Waals surface area contributed by atoms with E-state index in [1.165, 1.54) is 0 Å². The van der Waals surface area contributed by atoms with Crippen LogP contribution < -0.4 is 0 Å². The molecule has 0 amide bonds. The number of ether oxygens (including phenoxy) is 1. The molecule has 1 aliphatic heterocycles. The molecule has 3 heteroatoms. The highest BCUT2D eigenvalue weighted by atomic mass is 16.5. The Hall–Kier alpha value is -0.120. The average Bonchev–Trinajstić information content (AvgIpc) is 2.03. The summed E-state index contributed by atoms with van der Waals surface area (Å²) in [6.07, 6.45) is 1.90. The Bertz CT molecular complexity index is 104. The van der Waals surface area contributed by atoms with E-state index in [0.717, 1.165) is 6.42 Å². The van der Waals surface area contributed by atoms with Crippen LogP contribution in [0.1, 0.15) is 26.2 Å². The van der Waals surface area contributed by atoms with Crippen molar-refractivity contribution in [1.29, 1.82) is 0 Å². The predicted octanol–water partition coefficient (Wildman–Crippen LogP) is 0.297. The van der Waals surface area contributed by atoms with Gasteiger partial charge in [0, 0.05) is 6.42 Å². The first-order chi connectivity index (χ1) is 5.26. The molecule has 0 aromatic heterocycles. The minimum atomic E-state index is -0.286. The molecule has 0 aromatic rings. The monoisotopic (exact) mass is 160 g/mol. The van der Waals surface area contributed by atoms with Crippen LogP contribution in [0.3, 0.4) is 0 Å². The lowest BCUT2D eigenvalue weighted by Gasteiger charge is -2.31. The Kier molecular flexibility index (Phi) is 3.30. The molecule has 1 heterocycles. The third-order valence-electron chi connectivity index (χ3n) is 2.11. The third-order valence-corrected chi connectivity index (χ3v) is 2.11. The van der Waals surface area contributed by atoms with Crippen molar-refractivity contribution < 1.29 is 14.9 Å². The molecular formula is C8H16O3. The molecule has 2 unspecified atom stereocenters. The van der Waals surface area contributed by atoms with E-state index in [9.17, 15) is 5.11 Å². The zero-order valence-electron chi connectivity index (χ0n) is 6.86. The van der Waals surface area contributed by atoms with Crippen LogP contribution in [0.4, 0.5) is 0 Å². The van der Waals surface area contributed by atoms with E-state index >= 15 is 0 Å². The maximum Gasteiger partial charge on any atom is 0.0834 e. The van der Waals surface area contributed by atoms with Crippen molar-refractivity contribution in [3.8, 4) is 0 Å². The molecule has 66 valence electrons. The Morgan fingerprint density at radius 1 is 1.36 bits per heavy atom. The molecule has 0 spiro atoms. The van der Waals surface area contributed by atoms with Crippen LogP contribution in [0.2, 0.25) is 0 Å². The topological polar surface area (TPSA) is 49.7 Å². The summed E-state index contributed by atoms with van der Waals surface area (Å²) in [6, 6.07) is 0. The van der Waals surface area contributed by atoms with Gasteiger partial charge in [-0.1, -0.05) is 6.92 Å². The fourth-order valence-corrected chi connectivity index (χ4v) is 1.47. The average molecular weight is 160 g/mol. The summed E-state index contributed by atoms with van der Waals surface area (Å²) in [5, 5.41) is 18.1. The molecule has 0 aromatic carbocycles. The molecule has 1 fully saturated rings. The normalized spacial score (nSPS) is 39.0. The summed E-state index contributed by atoms with van der Waals surface area (Å²) < 4.78 is 5.45. The smallest absolute Gasteiger partial charge is 0.0834 e. The van der Waals surface area contributed by atoms with Crippen molar-refractivity contribution in [3.05, 3.63) is 0 Å². The van der Waals surface area contributed by atoms with Gasteiger partial charge in [0.1, 0.15) is 0 Å². The van der Waals surface area contributed by atoms with Crippen LogP contribution in [0.15, 0.2) is 0 Å². The standard InChI is InChI=1S/C8H16O3/c1-2-7-3-6(10)4-8(5-9)11-7/h6-10H,2-5H2,1H3/t6?,7-,8?/m0/s1. The summed E-state index contributed by atoms with van der Waals surface area (Å²) in [5.41, 5.74) is 0. The van der Waals surface area contributed by atoms with Gasteiger partial charge in [0.15, 0.2) is 0 Å². The summed E-state index contributed by atoms with van der Waals surface area (Å²) in [7, 11) is 0. The van der Waals surface area contributed by atoms with E-state index in [1.807, 2.05) is 6.92 Å². The van der Waals surface area contributed by atoms with Gasteiger partial charge in [-0.25, -0.2) is 0 Å². The Morgan fingerprint density at radius 3 is 2.55 bits per heavy atom. The first-order valence-corrected chi connectivity index (χ1v) is 4.20. The van der Waals surface area contributed by atoms with Gasteiger partial charge >= 0.3 is 0 Å². The van der Waals surface area contributed by atoms with E-state index in [-0.39, 0.29) is 24.9 Å². The first-order valence-electron chi connectivity index (χ1n) is 4.20. The molecule has 3 nitrogen and oxygen atoms in total. The highest BCUT2D eigenvalue weighted by Crippen LogP contribution is 2.20. The minimum Gasteiger partial charge on any atom is -0.394 e. The van der Waals surface area contributed by atoms with Crippen LogP contribution in [0.5, 0.6) is 0 Å². The van der Waals surface area contributed by atoms with Crippen LogP contribution in [-0.2, 0) is 4.74 Å². The fraction of sp³-hybridized carbons (Fsp3) is 1.00. The summed E-state index contributed by atoms with van der Waals surface area (Å²) in [4.78, 5) is 0. The van der Waals surface area contributed by atoms with Gasteiger partial charge < -0.3 is 14.9 Å². The first kappa shape index (κ1) is 8.97. The zero-order chi connectivity index (χ0) is 8.27. The molecule has 0 radical (unpaired) electrons. The molecule has 0 aliphatic carbocycles. The lowest BCUT2D eigenvalue weighted by Crippen LogP contribution is -2.37. The second kappa shape index (κ2) is 4.04. The predicted molar refractivity (Wildman–Crippen MR) is 41.3 cm³/mol. The number of aliphatic hydroxyl groups is 2. The summed E-state index contributed by atoms with van der Waals surface area (Å²) in [6.45, 7) is 2.05. The van der Waals surface area contributed by atoms with Crippen molar-refractivity contribution in [1.82, 2.24) is 0 Å². The van der Waals surface area contributed by atoms with Crippen LogP contribution in [-0.4, -0.2) is 35.1 Å². The molecule has 11 heavy (non-hydrogen) atoms. The van der Waals surface area contributed by atoms with Gasteiger partial charge in [0.25, 0.3) is 0 Å². The number of rotatable bonds is 2. The quantitative estimate of drug-likeness (QED) is 0.610. The van der Waals surface area contributed by atoms with Crippen molar-refractivity contribution >= 4 is 0 Å². The second-order valence-corrected chi connectivity index (χ2v) is 3.10. The van der Waals surface area contributed by atoms with Gasteiger partial charge in [0.2, 0.25) is 0 Å². The third kappa shape index (κ3) is 2.43. The molecule has 1 saturated heterocycles. The van der Waals surface area contributed by atoms with Gasteiger partial charge in [0.05, 0.1) is 24.9 Å². The molecule has 0 saturated carbocycles. The minimum absolute atomic E-state index is 0.0214. The lowest BCUT2D eigenvalue weighted by atomic mass is 10.00. The lowest BCUT2D eigenvalue weighted by molar-refractivity contribution is -0.112. The van der Waals surface area contributed by atoms with Crippen LogP contribution >= 0.6 is 0 Å². The Balaban J connectivity index is 2.37. The van der Waals surface area contributed by atoms with E-state index in [0.29, 0.717) is 12.8 Å². The Labute approximate surface area is 67.0 Å². The SMILES string of the molecule is CC[C@H]1CC(O)CC(CO)O1. The van der Waals surface area contributed by atoms with Crippen molar-refractivity contribution in [2.24, 2.45) is 0 Å². The molecule has 2 N–H and O–H groups in total.